The van der Waals surface area contributed by atoms with Crippen molar-refractivity contribution in [2.75, 3.05) is 19.7 Å². The van der Waals surface area contributed by atoms with Gasteiger partial charge in [0.25, 0.3) is 5.91 Å². The Hall–Kier alpha value is -2.86. The number of likely N-dealkylation sites (tertiary alicyclic amines) is 1. The molecule has 4 rings (SSSR count). The van der Waals surface area contributed by atoms with Crippen LogP contribution >= 0.6 is 0 Å². The quantitative estimate of drug-likeness (QED) is 0.831. The van der Waals surface area contributed by atoms with Gasteiger partial charge in [-0.25, -0.2) is 0 Å². The Morgan fingerprint density at radius 2 is 1.97 bits per heavy atom. The summed E-state index contributed by atoms with van der Waals surface area (Å²) in [6, 6.07) is 14.6. The molecule has 0 radical (unpaired) electrons. The smallest absolute Gasteiger partial charge is 0.314 e. The van der Waals surface area contributed by atoms with Crippen molar-refractivity contribution in [1.82, 2.24) is 4.90 Å². The highest BCUT2D eigenvalue weighted by molar-refractivity contribution is 5.95. The zero-order valence-corrected chi connectivity index (χ0v) is 16.2. The molecular formula is C23H25NO5. The lowest BCUT2D eigenvalue weighted by molar-refractivity contribution is -0.161. The van der Waals surface area contributed by atoms with Crippen LogP contribution in [-0.4, -0.2) is 52.8 Å². The summed E-state index contributed by atoms with van der Waals surface area (Å²) in [6.07, 6.45) is 1.17. The van der Waals surface area contributed by atoms with E-state index in [2.05, 4.69) is 0 Å². The average Bonchev–Trinajstić information content (AvgIpc) is 2.75. The first-order valence-corrected chi connectivity index (χ1v) is 10.00. The van der Waals surface area contributed by atoms with E-state index in [-0.39, 0.29) is 25.3 Å². The minimum absolute atomic E-state index is 0.0230. The molecule has 2 N–H and O–H groups in total. The molecule has 2 heterocycles. The molecule has 6 heteroatoms. The fourth-order valence-corrected chi connectivity index (χ4v) is 4.35. The maximum Gasteiger partial charge on any atom is 0.314 e. The van der Waals surface area contributed by atoms with E-state index in [1.54, 1.807) is 11.0 Å². The van der Waals surface area contributed by atoms with Crippen molar-refractivity contribution in [3.05, 3.63) is 65.2 Å². The van der Waals surface area contributed by atoms with Gasteiger partial charge in [0.2, 0.25) is 0 Å². The summed E-state index contributed by atoms with van der Waals surface area (Å²) in [7, 11) is 0. The third-order valence-corrected chi connectivity index (χ3v) is 6.01. The molecule has 2 aliphatic rings. The zero-order chi connectivity index (χ0) is 20.4. The van der Waals surface area contributed by atoms with Gasteiger partial charge in [-0.1, -0.05) is 30.3 Å². The molecule has 29 heavy (non-hydrogen) atoms. The number of carbonyl (C=O) groups is 2. The highest BCUT2D eigenvalue weighted by Crippen LogP contribution is 2.36. The van der Waals surface area contributed by atoms with Gasteiger partial charge >= 0.3 is 5.97 Å². The summed E-state index contributed by atoms with van der Waals surface area (Å²) in [5.74, 6) is -0.472. The molecular weight excluding hydrogens is 370 g/mol. The van der Waals surface area contributed by atoms with Gasteiger partial charge in [0, 0.05) is 18.7 Å². The molecule has 1 fully saturated rings. The molecule has 0 spiro atoms. The second kappa shape index (κ2) is 7.87. The molecule has 2 aliphatic heterocycles. The normalized spacial score (nSPS) is 23.8. The number of carboxylic acids is 1. The topological polar surface area (TPSA) is 87.1 Å². The first-order chi connectivity index (χ1) is 14.0. The predicted octanol–water partition coefficient (Wildman–Crippen LogP) is 2.53. The minimum atomic E-state index is -1.42. The van der Waals surface area contributed by atoms with Crippen molar-refractivity contribution >= 4 is 11.9 Å². The van der Waals surface area contributed by atoms with E-state index in [9.17, 15) is 19.8 Å². The molecule has 0 aromatic heterocycles. The lowest BCUT2D eigenvalue weighted by atomic mass is 9.72. The summed E-state index contributed by atoms with van der Waals surface area (Å²) in [5, 5.41) is 20.7. The van der Waals surface area contributed by atoms with Crippen LogP contribution in [0.1, 0.15) is 34.3 Å². The van der Waals surface area contributed by atoms with E-state index in [1.165, 1.54) is 0 Å². The van der Waals surface area contributed by atoms with E-state index in [0.717, 1.165) is 29.7 Å². The van der Waals surface area contributed by atoms with Crippen molar-refractivity contribution in [3.63, 3.8) is 0 Å². The van der Waals surface area contributed by atoms with Crippen molar-refractivity contribution in [2.45, 2.75) is 31.8 Å². The molecule has 2 aromatic carbocycles. The van der Waals surface area contributed by atoms with Crippen LogP contribution in [0.25, 0.3) is 0 Å². The molecule has 0 saturated carbocycles. The number of aryl methyl sites for hydroxylation is 1. The molecule has 2 atom stereocenters. The van der Waals surface area contributed by atoms with Gasteiger partial charge in [0.1, 0.15) is 11.2 Å². The predicted molar refractivity (Wildman–Crippen MR) is 107 cm³/mol. The molecule has 2 aromatic rings. The SMILES string of the molecule is O=C(c1ccc2c(c1)CCCO2)N1CC[C@H](O)[C@@](Cc2ccccc2)(C(=O)O)C1. The van der Waals surface area contributed by atoms with Crippen LogP contribution in [0.3, 0.4) is 0 Å². The van der Waals surface area contributed by atoms with Crippen molar-refractivity contribution in [2.24, 2.45) is 5.41 Å². The molecule has 0 aliphatic carbocycles. The number of fused-ring (bicyclic) bond motifs is 1. The van der Waals surface area contributed by atoms with Gasteiger partial charge in [-0.05, 0) is 55.0 Å². The van der Waals surface area contributed by atoms with Gasteiger partial charge in [-0.2, -0.15) is 0 Å². The largest absolute Gasteiger partial charge is 0.493 e. The lowest BCUT2D eigenvalue weighted by Gasteiger charge is -2.43. The van der Waals surface area contributed by atoms with Crippen LogP contribution in [0.2, 0.25) is 0 Å². The third kappa shape index (κ3) is 3.72. The number of aliphatic carboxylic acids is 1. The number of rotatable bonds is 4. The Morgan fingerprint density at radius 1 is 1.17 bits per heavy atom. The second-order valence-electron chi connectivity index (χ2n) is 7.93. The van der Waals surface area contributed by atoms with E-state index < -0.39 is 17.5 Å². The van der Waals surface area contributed by atoms with E-state index in [0.29, 0.717) is 18.7 Å². The maximum absolute atomic E-state index is 13.2. The van der Waals surface area contributed by atoms with Crippen LogP contribution in [0.4, 0.5) is 0 Å². The summed E-state index contributed by atoms with van der Waals surface area (Å²) >= 11 is 0. The molecule has 1 saturated heterocycles. The summed E-state index contributed by atoms with van der Waals surface area (Å²) in [6.45, 7) is 0.993. The highest BCUT2D eigenvalue weighted by Gasteiger charge is 2.50. The Balaban J connectivity index is 1.60. The van der Waals surface area contributed by atoms with E-state index in [1.807, 2.05) is 42.5 Å². The number of carbonyl (C=O) groups excluding carboxylic acids is 1. The number of carboxylic acid groups (broad SMARTS) is 1. The van der Waals surface area contributed by atoms with Crippen LogP contribution in [0.5, 0.6) is 5.75 Å². The first kappa shape index (κ1) is 19.5. The Labute approximate surface area is 169 Å². The second-order valence-corrected chi connectivity index (χ2v) is 7.93. The number of ether oxygens (including phenoxy) is 1. The van der Waals surface area contributed by atoms with Gasteiger partial charge < -0.3 is 19.8 Å². The number of aliphatic hydroxyl groups excluding tert-OH is 1. The van der Waals surface area contributed by atoms with Crippen LogP contribution in [-0.2, 0) is 17.6 Å². The summed E-state index contributed by atoms with van der Waals surface area (Å²) in [4.78, 5) is 27.0. The summed E-state index contributed by atoms with van der Waals surface area (Å²) in [5.41, 5.74) is 0.943. The zero-order valence-electron chi connectivity index (χ0n) is 16.2. The third-order valence-electron chi connectivity index (χ3n) is 6.01. The summed E-state index contributed by atoms with van der Waals surface area (Å²) < 4.78 is 5.61. The molecule has 0 bridgehead atoms. The van der Waals surface area contributed by atoms with Crippen molar-refractivity contribution < 1.29 is 24.5 Å². The lowest BCUT2D eigenvalue weighted by Crippen LogP contribution is -2.58. The standard InChI is InChI=1S/C23H25NO5/c25-20-10-11-24(15-23(20,22(27)28)14-16-5-2-1-3-6-16)21(26)18-8-9-19-17(13-18)7-4-12-29-19/h1-3,5-6,8-9,13,20,25H,4,7,10-12,14-15H2,(H,27,28)/t20-,23-/m0/s1. The number of piperidine rings is 1. The molecule has 6 nitrogen and oxygen atoms in total. The average molecular weight is 395 g/mol. The Bertz CT molecular complexity index is 913. The number of hydrogen-bond donors (Lipinski definition) is 2. The van der Waals surface area contributed by atoms with Crippen LogP contribution < -0.4 is 4.74 Å². The van der Waals surface area contributed by atoms with E-state index in [4.69, 9.17) is 4.74 Å². The van der Waals surface area contributed by atoms with Gasteiger partial charge in [0.05, 0.1) is 12.7 Å². The maximum atomic E-state index is 13.2. The number of benzene rings is 2. The van der Waals surface area contributed by atoms with Crippen LogP contribution in [0.15, 0.2) is 48.5 Å². The fourth-order valence-electron chi connectivity index (χ4n) is 4.35. The van der Waals surface area contributed by atoms with Gasteiger partial charge in [0.15, 0.2) is 0 Å². The first-order valence-electron chi connectivity index (χ1n) is 10.00. The number of hydrogen-bond acceptors (Lipinski definition) is 4. The molecule has 152 valence electrons. The van der Waals surface area contributed by atoms with E-state index >= 15 is 0 Å². The number of aliphatic hydroxyl groups is 1. The number of amides is 1. The fraction of sp³-hybridized carbons (Fsp3) is 0.391. The van der Waals surface area contributed by atoms with Crippen molar-refractivity contribution in [1.29, 1.82) is 0 Å². The Morgan fingerprint density at radius 3 is 2.72 bits per heavy atom. The van der Waals surface area contributed by atoms with Gasteiger partial charge in [-0.15, -0.1) is 0 Å². The Kier molecular flexibility index (Phi) is 5.28. The minimum Gasteiger partial charge on any atom is -0.493 e. The highest BCUT2D eigenvalue weighted by atomic mass is 16.5. The monoisotopic (exact) mass is 395 g/mol. The number of nitrogens with zero attached hydrogens (tertiary/aromatic N) is 1. The van der Waals surface area contributed by atoms with Gasteiger partial charge in [-0.3, -0.25) is 9.59 Å². The van der Waals surface area contributed by atoms with Crippen molar-refractivity contribution in [3.8, 4) is 5.75 Å². The molecule has 1 amide bonds. The van der Waals surface area contributed by atoms with Crippen LogP contribution in [0, 0.1) is 5.41 Å². The molecule has 0 unspecified atom stereocenters.